The lowest BCUT2D eigenvalue weighted by Crippen LogP contribution is -2.36. The largest absolute Gasteiger partial charge is 0.443 e. The molecule has 1 saturated carbocycles. The second kappa shape index (κ2) is 6.16. The maximum atomic E-state index is 12.5. The number of para-hydroxylation sites is 1. The van der Waals surface area contributed by atoms with E-state index in [2.05, 4.69) is 30.4 Å². The molecule has 1 aliphatic heterocycles. The van der Waals surface area contributed by atoms with E-state index < -0.39 is 5.60 Å². The van der Waals surface area contributed by atoms with Crippen LogP contribution in [-0.4, -0.2) is 24.3 Å². The van der Waals surface area contributed by atoms with Crippen LogP contribution in [0.2, 0.25) is 0 Å². The number of nitrogens with zero attached hydrogens (tertiary/aromatic N) is 1. The molecule has 126 valence electrons. The number of carbonyl (C=O) groups is 1. The van der Waals surface area contributed by atoms with Crippen LogP contribution in [0.25, 0.3) is 0 Å². The quantitative estimate of drug-likeness (QED) is 0.917. The topological polar surface area (TPSA) is 41.6 Å². The summed E-state index contributed by atoms with van der Waals surface area (Å²) in [6, 6.07) is 6.98. The molecule has 1 amide bonds. The van der Waals surface area contributed by atoms with Crippen LogP contribution in [0, 0.1) is 5.92 Å². The summed E-state index contributed by atoms with van der Waals surface area (Å²) in [6.07, 6.45) is 3.20. The highest BCUT2D eigenvalue weighted by Gasteiger charge is 2.35. The Morgan fingerprint density at radius 3 is 2.83 bits per heavy atom. The zero-order valence-corrected chi connectivity index (χ0v) is 14.7. The van der Waals surface area contributed by atoms with Gasteiger partial charge in [-0.1, -0.05) is 31.5 Å². The molecule has 23 heavy (non-hydrogen) atoms. The number of hydrogen-bond donors (Lipinski definition) is 1. The zero-order valence-electron chi connectivity index (χ0n) is 14.7. The molecule has 4 nitrogen and oxygen atoms in total. The number of fused-ring (bicyclic) bond motifs is 1. The Hall–Kier alpha value is -1.55. The summed E-state index contributed by atoms with van der Waals surface area (Å²) in [6.45, 7) is 9.51. The fourth-order valence-electron chi connectivity index (χ4n) is 3.37. The molecule has 2 aliphatic rings. The van der Waals surface area contributed by atoms with Gasteiger partial charge in [-0.15, -0.1) is 0 Å². The van der Waals surface area contributed by atoms with Crippen molar-refractivity contribution in [1.29, 1.82) is 0 Å². The Morgan fingerprint density at radius 2 is 2.17 bits per heavy atom. The van der Waals surface area contributed by atoms with Crippen LogP contribution < -0.4 is 10.2 Å². The predicted molar refractivity (Wildman–Crippen MR) is 92.8 cm³/mol. The van der Waals surface area contributed by atoms with Crippen molar-refractivity contribution < 1.29 is 9.53 Å². The molecule has 1 aliphatic carbocycles. The standard InChI is InChI=1S/C19H28N2O2/c1-5-13-11-16(13)20-12-15-8-6-7-14-9-10-21(17(14)15)18(22)23-19(2,3)4/h6-8,13,16,20H,5,9-12H2,1-4H3. The number of amides is 1. The maximum absolute atomic E-state index is 12.5. The normalized spacial score (nSPS) is 22.9. The highest BCUT2D eigenvalue weighted by molar-refractivity contribution is 5.91. The third-order valence-corrected chi connectivity index (χ3v) is 4.69. The molecule has 1 fully saturated rings. The Labute approximate surface area is 139 Å². The summed E-state index contributed by atoms with van der Waals surface area (Å²) in [7, 11) is 0. The van der Waals surface area contributed by atoms with Crippen molar-refractivity contribution in [2.75, 3.05) is 11.4 Å². The average molecular weight is 316 g/mol. The van der Waals surface area contributed by atoms with Crippen LogP contribution in [0.15, 0.2) is 18.2 Å². The van der Waals surface area contributed by atoms with Crippen LogP contribution >= 0.6 is 0 Å². The molecule has 1 heterocycles. The van der Waals surface area contributed by atoms with Gasteiger partial charge in [-0.05, 0) is 50.7 Å². The van der Waals surface area contributed by atoms with Crippen LogP contribution in [0.4, 0.5) is 10.5 Å². The Morgan fingerprint density at radius 1 is 1.39 bits per heavy atom. The molecule has 0 radical (unpaired) electrons. The van der Waals surface area contributed by atoms with Crippen LogP contribution in [-0.2, 0) is 17.7 Å². The number of nitrogens with one attached hydrogen (secondary N) is 1. The summed E-state index contributed by atoms with van der Waals surface area (Å²) in [4.78, 5) is 14.3. The lowest BCUT2D eigenvalue weighted by molar-refractivity contribution is 0.0583. The molecule has 0 bridgehead atoms. The fraction of sp³-hybridized carbons (Fsp3) is 0.632. The van der Waals surface area contributed by atoms with Crippen molar-refractivity contribution >= 4 is 11.8 Å². The minimum absolute atomic E-state index is 0.235. The molecule has 1 N–H and O–H groups in total. The van der Waals surface area contributed by atoms with E-state index in [0.29, 0.717) is 12.6 Å². The minimum Gasteiger partial charge on any atom is -0.443 e. The van der Waals surface area contributed by atoms with E-state index in [1.165, 1.54) is 24.0 Å². The Bertz CT molecular complexity index is 592. The monoisotopic (exact) mass is 316 g/mol. The number of hydrogen-bond acceptors (Lipinski definition) is 3. The number of rotatable bonds is 4. The van der Waals surface area contributed by atoms with Gasteiger partial charge in [0, 0.05) is 19.1 Å². The maximum Gasteiger partial charge on any atom is 0.414 e. The molecular formula is C19H28N2O2. The molecule has 0 saturated heterocycles. The molecular weight excluding hydrogens is 288 g/mol. The first-order valence-electron chi connectivity index (χ1n) is 8.73. The second-order valence-corrected chi connectivity index (χ2v) is 7.70. The number of anilines is 1. The van der Waals surface area contributed by atoms with Gasteiger partial charge in [-0.2, -0.15) is 0 Å². The number of carbonyl (C=O) groups excluding carboxylic acids is 1. The van der Waals surface area contributed by atoms with E-state index in [1.54, 1.807) is 0 Å². The van der Waals surface area contributed by atoms with Gasteiger partial charge in [0.1, 0.15) is 5.60 Å². The van der Waals surface area contributed by atoms with E-state index in [-0.39, 0.29) is 6.09 Å². The summed E-state index contributed by atoms with van der Waals surface area (Å²) in [5.41, 5.74) is 3.05. The molecule has 0 spiro atoms. The Balaban J connectivity index is 1.73. The van der Waals surface area contributed by atoms with E-state index in [1.807, 2.05) is 25.7 Å². The van der Waals surface area contributed by atoms with Gasteiger partial charge < -0.3 is 10.1 Å². The molecule has 1 aromatic rings. The van der Waals surface area contributed by atoms with E-state index in [9.17, 15) is 4.79 Å². The first-order valence-corrected chi connectivity index (χ1v) is 8.73. The molecule has 2 unspecified atom stereocenters. The summed E-state index contributed by atoms with van der Waals surface area (Å²) in [5.74, 6) is 0.828. The molecule has 4 heteroatoms. The molecule has 2 atom stereocenters. The van der Waals surface area contributed by atoms with E-state index in [4.69, 9.17) is 4.74 Å². The highest BCUT2D eigenvalue weighted by Crippen LogP contribution is 2.36. The first-order chi connectivity index (χ1) is 10.9. The SMILES string of the molecule is CCC1CC1NCc1cccc2c1N(C(=O)OC(C)(C)C)CC2. The van der Waals surface area contributed by atoms with Crippen LogP contribution in [0.1, 0.15) is 51.7 Å². The summed E-state index contributed by atoms with van der Waals surface area (Å²) >= 11 is 0. The van der Waals surface area contributed by atoms with E-state index in [0.717, 1.165) is 24.6 Å². The van der Waals surface area contributed by atoms with Gasteiger partial charge in [0.25, 0.3) is 0 Å². The smallest absolute Gasteiger partial charge is 0.414 e. The van der Waals surface area contributed by atoms with Crippen molar-refractivity contribution in [3.8, 4) is 0 Å². The van der Waals surface area contributed by atoms with Gasteiger partial charge in [0.05, 0.1) is 5.69 Å². The van der Waals surface area contributed by atoms with Gasteiger partial charge in [0.2, 0.25) is 0 Å². The van der Waals surface area contributed by atoms with Crippen molar-refractivity contribution in [2.24, 2.45) is 5.92 Å². The van der Waals surface area contributed by atoms with Crippen molar-refractivity contribution in [3.05, 3.63) is 29.3 Å². The van der Waals surface area contributed by atoms with Gasteiger partial charge >= 0.3 is 6.09 Å². The predicted octanol–water partition coefficient (Wildman–Crippen LogP) is 3.87. The lowest BCUT2D eigenvalue weighted by Gasteiger charge is -2.26. The van der Waals surface area contributed by atoms with E-state index >= 15 is 0 Å². The van der Waals surface area contributed by atoms with Crippen molar-refractivity contribution in [1.82, 2.24) is 5.32 Å². The average Bonchev–Trinajstić information content (AvgIpc) is 3.10. The van der Waals surface area contributed by atoms with Crippen molar-refractivity contribution in [3.63, 3.8) is 0 Å². The summed E-state index contributed by atoms with van der Waals surface area (Å²) < 4.78 is 5.57. The number of benzene rings is 1. The first kappa shape index (κ1) is 16.3. The lowest BCUT2D eigenvalue weighted by atomic mass is 10.1. The second-order valence-electron chi connectivity index (χ2n) is 7.70. The minimum atomic E-state index is -0.463. The van der Waals surface area contributed by atoms with Gasteiger partial charge in [-0.3, -0.25) is 4.90 Å². The summed E-state index contributed by atoms with van der Waals surface area (Å²) in [5, 5.41) is 3.63. The molecule has 3 rings (SSSR count). The van der Waals surface area contributed by atoms with Crippen molar-refractivity contribution in [2.45, 2.75) is 65.1 Å². The molecule has 0 aromatic heterocycles. The Kier molecular flexibility index (Phi) is 4.37. The third-order valence-electron chi connectivity index (χ3n) is 4.69. The van der Waals surface area contributed by atoms with Gasteiger partial charge in [0.15, 0.2) is 0 Å². The molecule has 1 aromatic carbocycles. The van der Waals surface area contributed by atoms with Gasteiger partial charge in [-0.25, -0.2) is 4.79 Å². The van der Waals surface area contributed by atoms with Crippen LogP contribution in [0.3, 0.4) is 0 Å². The zero-order chi connectivity index (χ0) is 16.6. The highest BCUT2D eigenvalue weighted by atomic mass is 16.6. The number of ether oxygens (including phenoxy) is 1. The third kappa shape index (κ3) is 3.69. The fourth-order valence-corrected chi connectivity index (χ4v) is 3.37. The van der Waals surface area contributed by atoms with Crippen LogP contribution in [0.5, 0.6) is 0 Å².